The Balaban J connectivity index is 1.62. The summed E-state index contributed by atoms with van der Waals surface area (Å²) in [6.45, 7) is 2.04. The molecule has 1 amide bonds. The molecule has 5 rings (SSSR count). The summed E-state index contributed by atoms with van der Waals surface area (Å²) in [5.74, 6) is -1.13. The van der Waals surface area contributed by atoms with Crippen LogP contribution in [-0.2, 0) is 9.53 Å². The van der Waals surface area contributed by atoms with Crippen molar-refractivity contribution in [1.82, 2.24) is 9.55 Å². The topological polar surface area (TPSA) is 47.4 Å². The van der Waals surface area contributed by atoms with E-state index in [-0.39, 0.29) is 24.1 Å². The van der Waals surface area contributed by atoms with E-state index in [9.17, 15) is 13.6 Å². The SMILES string of the molecule is COC1CCC(n2c([C@@H]3CCCC(=O)N3c3ccc(F)c(F)c3)nc3cc(C)ccc32)CC1. The van der Waals surface area contributed by atoms with Crippen LogP contribution in [0.1, 0.15) is 68.4 Å². The van der Waals surface area contributed by atoms with Crippen LogP contribution in [0.3, 0.4) is 0 Å². The number of amides is 1. The van der Waals surface area contributed by atoms with E-state index in [0.29, 0.717) is 12.1 Å². The monoisotopic (exact) mass is 453 g/mol. The van der Waals surface area contributed by atoms with Gasteiger partial charge >= 0.3 is 0 Å². The Labute approximate surface area is 192 Å². The smallest absolute Gasteiger partial charge is 0.227 e. The summed E-state index contributed by atoms with van der Waals surface area (Å²) in [6.07, 6.45) is 6.01. The molecule has 7 heteroatoms. The molecule has 33 heavy (non-hydrogen) atoms. The third-order valence-corrected chi connectivity index (χ3v) is 7.14. The van der Waals surface area contributed by atoms with Crippen LogP contribution < -0.4 is 4.90 Å². The predicted octanol–water partition coefficient (Wildman–Crippen LogP) is 6.01. The lowest BCUT2D eigenvalue weighted by molar-refractivity contribution is -0.120. The molecule has 2 heterocycles. The van der Waals surface area contributed by atoms with E-state index >= 15 is 0 Å². The summed E-state index contributed by atoms with van der Waals surface area (Å²) in [5.41, 5.74) is 3.46. The van der Waals surface area contributed by atoms with Gasteiger partial charge in [-0.1, -0.05) is 6.07 Å². The molecule has 2 aliphatic rings. The van der Waals surface area contributed by atoms with Crippen LogP contribution in [0, 0.1) is 18.6 Å². The number of carbonyl (C=O) groups excluding carboxylic acids is 1. The van der Waals surface area contributed by atoms with Crippen LogP contribution in [0.25, 0.3) is 11.0 Å². The van der Waals surface area contributed by atoms with E-state index in [1.165, 1.54) is 6.07 Å². The van der Waals surface area contributed by atoms with E-state index in [4.69, 9.17) is 9.72 Å². The highest BCUT2D eigenvalue weighted by Crippen LogP contribution is 2.41. The lowest BCUT2D eigenvalue weighted by Gasteiger charge is -2.37. The zero-order valence-electron chi connectivity index (χ0n) is 19.1. The molecule has 1 aliphatic heterocycles. The summed E-state index contributed by atoms with van der Waals surface area (Å²) < 4.78 is 35.6. The van der Waals surface area contributed by atoms with Crippen LogP contribution in [0.4, 0.5) is 14.5 Å². The van der Waals surface area contributed by atoms with Crippen LogP contribution in [0.15, 0.2) is 36.4 Å². The van der Waals surface area contributed by atoms with Gasteiger partial charge < -0.3 is 14.2 Å². The Morgan fingerprint density at radius 3 is 2.52 bits per heavy atom. The minimum atomic E-state index is -0.952. The highest BCUT2D eigenvalue weighted by molar-refractivity contribution is 5.95. The quantitative estimate of drug-likeness (QED) is 0.486. The highest BCUT2D eigenvalue weighted by atomic mass is 19.2. The van der Waals surface area contributed by atoms with E-state index in [1.54, 1.807) is 12.0 Å². The van der Waals surface area contributed by atoms with Gasteiger partial charge in [-0.15, -0.1) is 0 Å². The van der Waals surface area contributed by atoms with Gasteiger partial charge in [-0.3, -0.25) is 4.79 Å². The van der Waals surface area contributed by atoms with E-state index in [1.807, 2.05) is 6.92 Å². The van der Waals surface area contributed by atoms with E-state index in [2.05, 4.69) is 22.8 Å². The number of imidazole rings is 1. The first-order chi connectivity index (χ1) is 16.0. The minimum Gasteiger partial charge on any atom is -0.381 e. The Hall–Kier alpha value is -2.80. The van der Waals surface area contributed by atoms with Crippen molar-refractivity contribution in [2.45, 2.75) is 70.1 Å². The summed E-state index contributed by atoms with van der Waals surface area (Å²) in [5, 5.41) is 0. The number of ether oxygens (including phenoxy) is 1. The van der Waals surface area contributed by atoms with Crippen LogP contribution in [-0.4, -0.2) is 28.7 Å². The summed E-state index contributed by atoms with van der Waals surface area (Å²) in [4.78, 5) is 19.7. The molecule has 0 spiro atoms. The fourth-order valence-electron chi connectivity index (χ4n) is 5.46. The number of rotatable bonds is 4. The van der Waals surface area contributed by atoms with Crippen molar-refractivity contribution in [2.75, 3.05) is 12.0 Å². The number of aromatic nitrogens is 2. The fraction of sp³-hybridized carbons (Fsp3) is 0.462. The molecule has 0 N–H and O–H groups in total. The first-order valence-corrected chi connectivity index (χ1v) is 11.7. The number of aryl methyl sites for hydroxylation is 1. The maximum Gasteiger partial charge on any atom is 0.227 e. The van der Waals surface area contributed by atoms with E-state index < -0.39 is 11.6 Å². The highest BCUT2D eigenvalue weighted by Gasteiger charge is 2.36. The molecule has 3 aromatic rings. The Morgan fingerprint density at radius 2 is 1.79 bits per heavy atom. The number of anilines is 1. The van der Waals surface area contributed by atoms with Crippen molar-refractivity contribution in [2.24, 2.45) is 0 Å². The van der Waals surface area contributed by atoms with Crippen LogP contribution >= 0.6 is 0 Å². The summed E-state index contributed by atoms with van der Waals surface area (Å²) in [6, 6.07) is 9.87. The van der Waals surface area contributed by atoms with Gasteiger partial charge in [0.05, 0.1) is 23.2 Å². The van der Waals surface area contributed by atoms with Gasteiger partial charge in [-0.2, -0.15) is 0 Å². The number of benzene rings is 2. The number of nitrogens with zero attached hydrogens (tertiary/aromatic N) is 3. The first kappa shape index (κ1) is 22.0. The molecule has 1 aromatic heterocycles. The molecule has 1 aliphatic carbocycles. The van der Waals surface area contributed by atoms with Gasteiger partial charge in [0.15, 0.2) is 11.6 Å². The number of halogens is 2. The second-order valence-electron chi connectivity index (χ2n) is 9.27. The van der Waals surface area contributed by atoms with Gasteiger partial charge in [0.25, 0.3) is 0 Å². The second-order valence-corrected chi connectivity index (χ2v) is 9.27. The minimum absolute atomic E-state index is 0.0878. The molecule has 0 radical (unpaired) electrons. The summed E-state index contributed by atoms with van der Waals surface area (Å²) in [7, 11) is 1.76. The normalized spacial score (nSPS) is 23.9. The molecule has 1 atom stereocenters. The van der Waals surface area contributed by atoms with E-state index in [0.717, 1.165) is 73.1 Å². The number of carbonyl (C=O) groups is 1. The van der Waals surface area contributed by atoms with Gasteiger partial charge in [0, 0.05) is 31.3 Å². The fourth-order valence-corrected chi connectivity index (χ4v) is 5.46. The number of piperidine rings is 1. The third kappa shape index (κ3) is 4.03. The maximum absolute atomic E-state index is 14.1. The average Bonchev–Trinajstić information content (AvgIpc) is 3.19. The van der Waals surface area contributed by atoms with Crippen molar-refractivity contribution >= 4 is 22.6 Å². The van der Waals surface area contributed by atoms with Crippen molar-refractivity contribution in [3.63, 3.8) is 0 Å². The maximum atomic E-state index is 14.1. The molecule has 5 nitrogen and oxygen atoms in total. The Bertz CT molecular complexity index is 1180. The molecule has 2 aromatic carbocycles. The van der Waals surface area contributed by atoms with Gasteiger partial charge in [0.1, 0.15) is 5.82 Å². The van der Waals surface area contributed by atoms with Crippen LogP contribution in [0.5, 0.6) is 0 Å². The van der Waals surface area contributed by atoms with Crippen molar-refractivity contribution in [1.29, 1.82) is 0 Å². The molecule has 0 bridgehead atoms. The molecule has 1 saturated heterocycles. The molecule has 1 saturated carbocycles. The average molecular weight is 454 g/mol. The summed E-state index contributed by atoms with van der Waals surface area (Å²) >= 11 is 0. The number of methoxy groups -OCH3 is 1. The molecule has 174 valence electrons. The zero-order valence-corrected chi connectivity index (χ0v) is 19.1. The zero-order chi connectivity index (χ0) is 23.1. The number of hydrogen-bond acceptors (Lipinski definition) is 3. The van der Waals surface area contributed by atoms with Crippen molar-refractivity contribution < 1.29 is 18.3 Å². The van der Waals surface area contributed by atoms with Gasteiger partial charge in [-0.05, 0) is 75.3 Å². The van der Waals surface area contributed by atoms with Crippen molar-refractivity contribution in [3.05, 3.63) is 59.4 Å². The second kappa shape index (κ2) is 8.86. The van der Waals surface area contributed by atoms with Gasteiger partial charge in [-0.25, -0.2) is 13.8 Å². The lowest BCUT2D eigenvalue weighted by Crippen LogP contribution is -2.40. The third-order valence-electron chi connectivity index (χ3n) is 7.14. The first-order valence-electron chi connectivity index (χ1n) is 11.7. The van der Waals surface area contributed by atoms with Crippen molar-refractivity contribution in [3.8, 4) is 0 Å². The largest absolute Gasteiger partial charge is 0.381 e. The predicted molar refractivity (Wildman–Crippen MR) is 123 cm³/mol. The molecular weight excluding hydrogens is 424 g/mol. The number of hydrogen-bond donors (Lipinski definition) is 0. The van der Waals surface area contributed by atoms with Crippen LogP contribution in [0.2, 0.25) is 0 Å². The molecule has 2 fully saturated rings. The number of fused-ring (bicyclic) bond motifs is 1. The lowest BCUT2D eigenvalue weighted by atomic mass is 9.91. The standard InChI is InChI=1S/C26H29F2N3O2/c1-16-6-13-23-22(14-16)29-26(31(23)17-7-10-19(33-2)11-8-17)24-4-3-5-25(32)30(24)18-9-12-20(27)21(28)15-18/h6,9,12-15,17,19,24H,3-5,7-8,10-11H2,1-2H3/t17?,19?,24-/m0/s1. The Kier molecular flexibility index (Phi) is 5.91. The van der Waals surface area contributed by atoms with Gasteiger partial charge in [0.2, 0.25) is 5.91 Å². The molecular formula is C26H29F2N3O2. The molecule has 0 unspecified atom stereocenters. The Morgan fingerprint density at radius 1 is 1.00 bits per heavy atom.